The van der Waals surface area contributed by atoms with Crippen LogP contribution in [0, 0.1) is 11.8 Å². The zero-order chi connectivity index (χ0) is 50.3. The summed E-state index contributed by atoms with van der Waals surface area (Å²) < 4.78 is 23.4. The molecule has 20 heteroatoms. The smallest absolute Gasteiger partial charge is 0.308 e. The van der Waals surface area contributed by atoms with Crippen LogP contribution in [0.25, 0.3) is 0 Å². The van der Waals surface area contributed by atoms with Crippen molar-refractivity contribution in [2.24, 2.45) is 27.8 Å². The maximum absolute atomic E-state index is 13.9. The van der Waals surface area contributed by atoms with Crippen LogP contribution in [-0.4, -0.2) is 173 Å². The van der Waals surface area contributed by atoms with Crippen molar-refractivity contribution in [3.05, 3.63) is 85.1 Å². The molecule has 2 bridgehead atoms. The van der Waals surface area contributed by atoms with Gasteiger partial charge < -0.3 is 81.1 Å². The number of nitrogens with two attached hydrogens (primary N) is 1. The Hall–Kier alpha value is -3.84. The van der Waals surface area contributed by atoms with Crippen LogP contribution in [0.2, 0.25) is 0 Å². The average molecular weight is 975 g/mol. The lowest BCUT2D eigenvalue weighted by Gasteiger charge is -2.46. The monoisotopic (exact) mass is 975 g/mol. The third-order valence-electron chi connectivity index (χ3n) is 12.9. The highest BCUT2D eigenvalue weighted by Crippen LogP contribution is 2.47. The van der Waals surface area contributed by atoms with Gasteiger partial charge in [0.15, 0.2) is 17.7 Å². The maximum atomic E-state index is 13.9. The Morgan fingerprint density at radius 1 is 0.696 bits per heavy atom. The molecule has 0 aromatic rings. The van der Waals surface area contributed by atoms with Crippen LogP contribution in [0.15, 0.2) is 95.3 Å². The summed E-state index contributed by atoms with van der Waals surface area (Å²) in [6.45, 7) is 3.22. The zero-order valence-electron chi connectivity index (χ0n) is 39.3. The highest BCUT2D eigenvalue weighted by molar-refractivity contribution is 5.80. The molecule has 5 rings (SSSR count). The molecule has 20 nitrogen and oxygen atoms in total. The fourth-order valence-corrected chi connectivity index (χ4v) is 8.87. The van der Waals surface area contributed by atoms with Crippen LogP contribution in [0.4, 0.5) is 0 Å². The number of ether oxygens (including phenoxy) is 4. The third-order valence-corrected chi connectivity index (χ3v) is 12.9. The Kier molecular flexibility index (Phi) is 21.6. The number of amides is 1. The molecule has 1 spiro atoms. The maximum Gasteiger partial charge on any atom is 0.308 e. The number of cyclic esters (lactones) is 1. The first kappa shape index (κ1) is 56.1. The molecule has 4 heterocycles. The van der Waals surface area contributed by atoms with E-state index in [1.165, 1.54) is 0 Å². The van der Waals surface area contributed by atoms with Gasteiger partial charge in [-0.1, -0.05) is 92.0 Å². The summed E-state index contributed by atoms with van der Waals surface area (Å²) in [5.74, 6) is -5.08. The van der Waals surface area contributed by atoms with Gasteiger partial charge in [0.1, 0.15) is 12.2 Å². The molecule has 1 amide bonds. The SMILES string of the molecule is C[C@H]1C[C@H](O)[C@@H](C)/C=C/C=C/C=C/C=C/C=C/C=C/C=C/C(O[C@@H]2OC[C@@H](O)[C@H](N)[C@@H]2O)C[C@@H]2OC(O)(CC(O)CC(O)C(O)CCC(O)CC(O)CC(=O)O1)C[C@H](O)C2C(=O)NC1CC2(C1)N=N2. The minimum absolute atomic E-state index is 0.0909. The minimum atomic E-state index is -2.27. The molecule has 1 saturated carbocycles. The number of allylic oxidation sites excluding steroid dienone is 12. The number of carbonyl (C=O) groups excluding carboxylic acids is 2. The van der Waals surface area contributed by atoms with Crippen molar-refractivity contribution >= 4 is 11.9 Å². The lowest BCUT2D eigenvalue weighted by atomic mass is 9.80. The van der Waals surface area contributed by atoms with Gasteiger partial charge in [0, 0.05) is 56.9 Å². The van der Waals surface area contributed by atoms with E-state index in [0.29, 0.717) is 12.8 Å². The van der Waals surface area contributed by atoms with Crippen molar-refractivity contribution in [2.45, 2.75) is 188 Å². The minimum Gasteiger partial charge on any atom is -0.462 e. The van der Waals surface area contributed by atoms with Crippen LogP contribution >= 0.6 is 0 Å². The van der Waals surface area contributed by atoms with Gasteiger partial charge in [-0.3, -0.25) is 9.59 Å². The Bertz CT molecular complexity index is 1880. The molecule has 17 atom stereocenters. The Labute approximate surface area is 402 Å². The van der Waals surface area contributed by atoms with Gasteiger partial charge >= 0.3 is 5.97 Å². The number of hydrogen-bond acceptors (Lipinski definition) is 19. The van der Waals surface area contributed by atoms with Crippen molar-refractivity contribution in [2.75, 3.05) is 6.61 Å². The summed E-state index contributed by atoms with van der Waals surface area (Å²) >= 11 is 0. The zero-order valence-corrected chi connectivity index (χ0v) is 39.3. The van der Waals surface area contributed by atoms with Crippen LogP contribution in [0.5, 0.6) is 0 Å². The van der Waals surface area contributed by atoms with E-state index < -0.39 is 141 Å². The number of carbonyl (C=O) groups is 2. The second-order valence-electron chi connectivity index (χ2n) is 19.2. The molecule has 3 fully saturated rings. The summed E-state index contributed by atoms with van der Waals surface area (Å²) in [5, 5.41) is 120. The van der Waals surface area contributed by atoms with Crippen LogP contribution in [0.3, 0.4) is 0 Å². The standard InChI is InChI=1S/C49H74N4O16/c1-29-15-13-11-9-7-5-3-4-6-8-10-12-14-16-35(68-47-45(63)44(50)40(61)28-66-47)23-41-43(46(64)51-31-24-48(25-31)52-53-48)39(60)27-49(65,69-41)26-34(56)21-38(59)36(57)18-17-32(54)20-33(55)22-42(62)67-30(2)19-37(29)58/h3-16,29-41,43-45,47,54-61,63,65H,17-28,50H2,1-2H3,(H,51,64)/b4-3+,7-5+,8-6+,11-9+,12-10+,15-13+,16-14+/t29-,30-,32?,33?,34?,35?,36?,37-,38?,39-,40+,41-,43?,44-,45-,47-,49?/m0/s1. The van der Waals surface area contributed by atoms with E-state index in [4.69, 9.17) is 24.7 Å². The predicted molar refractivity (Wildman–Crippen MR) is 249 cm³/mol. The largest absolute Gasteiger partial charge is 0.462 e. The number of esters is 1. The van der Waals surface area contributed by atoms with Crippen molar-refractivity contribution in [1.29, 1.82) is 0 Å². The summed E-state index contributed by atoms with van der Waals surface area (Å²) in [6, 6.07) is -1.39. The Morgan fingerprint density at radius 3 is 1.93 bits per heavy atom. The second-order valence-corrected chi connectivity index (χ2v) is 19.2. The molecule has 0 aromatic heterocycles. The number of rotatable bonds is 4. The van der Waals surface area contributed by atoms with E-state index >= 15 is 0 Å². The van der Waals surface area contributed by atoms with Gasteiger partial charge in [0.2, 0.25) is 5.91 Å². The average Bonchev–Trinajstić information content (AvgIpc) is 4.05. The van der Waals surface area contributed by atoms with Crippen LogP contribution in [-0.2, 0) is 28.5 Å². The van der Waals surface area contributed by atoms with Gasteiger partial charge in [-0.15, -0.1) is 0 Å². The molecule has 2 saturated heterocycles. The second kappa shape index (κ2) is 26.6. The lowest BCUT2D eigenvalue weighted by molar-refractivity contribution is -0.304. The van der Waals surface area contributed by atoms with Crippen molar-refractivity contribution in [3.8, 4) is 0 Å². The van der Waals surface area contributed by atoms with E-state index in [0.717, 1.165) is 0 Å². The Balaban J connectivity index is 1.34. The van der Waals surface area contributed by atoms with Crippen molar-refractivity contribution in [3.63, 3.8) is 0 Å². The number of nitrogens with one attached hydrogen (secondary N) is 1. The summed E-state index contributed by atoms with van der Waals surface area (Å²) in [7, 11) is 0. The molecule has 13 N–H and O–H groups in total. The summed E-state index contributed by atoms with van der Waals surface area (Å²) in [5.41, 5.74) is 5.54. The first-order valence-corrected chi connectivity index (χ1v) is 23.9. The van der Waals surface area contributed by atoms with Gasteiger partial charge in [-0.2, -0.15) is 10.2 Å². The molecule has 0 aromatic carbocycles. The van der Waals surface area contributed by atoms with Crippen LogP contribution in [0.1, 0.15) is 84.5 Å². The molecule has 4 aliphatic heterocycles. The van der Waals surface area contributed by atoms with Crippen LogP contribution < -0.4 is 11.1 Å². The number of aliphatic hydroxyl groups excluding tert-OH is 9. The highest BCUT2D eigenvalue weighted by Gasteiger charge is 2.55. The summed E-state index contributed by atoms with van der Waals surface area (Å²) in [6.07, 6.45) is 6.91. The molecule has 386 valence electrons. The molecule has 69 heavy (non-hydrogen) atoms. The van der Waals surface area contributed by atoms with E-state index in [1.807, 2.05) is 37.3 Å². The predicted octanol–water partition coefficient (Wildman–Crippen LogP) is 0.433. The van der Waals surface area contributed by atoms with E-state index in [2.05, 4.69) is 15.5 Å². The third kappa shape index (κ3) is 18.1. The first-order chi connectivity index (χ1) is 32.7. The van der Waals surface area contributed by atoms with Crippen molar-refractivity contribution in [1.82, 2.24) is 5.32 Å². The molecule has 5 aliphatic rings. The number of aliphatic hydroxyl groups is 10. The molecule has 0 radical (unpaired) electrons. The fraction of sp³-hybridized carbons (Fsp3) is 0.673. The first-order valence-electron chi connectivity index (χ1n) is 23.9. The van der Waals surface area contributed by atoms with E-state index in [1.54, 1.807) is 61.6 Å². The lowest BCUT2D eigenvalue weighted by Crippen LogP contribution is -2.60. The molecular weight excluding hydrogens is 901 g/mol. The molecular formula is C49H74N4O16. The van der Waals surface area contributed by atoms with E-state index in [-0.39, 0.29) is 50.7 Å². The normalized spacial score (nSPS) is 43.8. The van der Waals surface area contributed by atoms with Gasteiger partial charge in [-0.25, -0.2) is 0 Å². The molecule has 8 unspecified atom stereocenters. The summed E-state index contributed by atoms with van der Waals surface area (Å²) in [4.78, 5) is 26.5. The van der Waals surface area contributed by atoms with Gasteiger partial charge in [-0.05, 0) is 26.2 Å². The number of nitrogens with zero attached hydrogens (tertiary/aromatic N) is 2. The van der Waals surface area contributed by atoms with Crippen molar-refractivity contribution < 1.29 is 79.6 Å². The fourth-order valence-electron chi connectivity index (χ4n) is 8.87. The Morgan fingerprint density at radius 2 is 1.30 bits per heavy atom. The molecule has 1 aliphatic carbocycles. The number of hydrogen-bond donors (Lipinski definition) is 12. The number of fused-ring (bicyclic) bond motifs is 2. The quantitative estimate of drug-likeness (QED) is 0.170. The van der Waals surface area contributed by atoms with E-state index in [9.17, 15) is 60.7 Å². The van der Waals surface area contributed by atoms with Gasteiger partial charge in [0.25, 0.3) is 0 Å². The highest BCUT2D eigenvalue weighted by atomic mass is 16.7. The van der Waals surface area contributed by atoms with Gasteiger partial charge in [0.05, 0.1) is 86.0 Å². The topological polar surface area (TPSA) is 336 Å².